The number of tetrazole rings is 1. The second-order valence-corrected chi connectivity index (χ2v) is 7.01. The minimum absolute atomic E-state index is 0.122. The largest absolute Gasteiger partial charge is 0.459 e. The van der Waals surface area contributed by atoms with Crippen LogP contribution in [-0.4, -0.2) is 75.8 Å². The van der Waals surface area contributed by atoms with Crippen LogP contribution in [0.4, 0.5) is 4.39 Å². The van der Waals surface area contributed by atoms with E-state index in [1.165, 1.54) is 18.4 Å². The Hall–Kier alpha value is -3.11. The number of rotatable bonds is 7. The second-order valence-electron chi connectivity index (χ2n) is 7.01. The van der Waals surface area contributed by atoms with E-state index in [4.69, 9.17) is 9.15 Å². The molecule has 10 heteroatoms. The summed E-state index contributed by atoms with van der Waals surface area (Å²) in [6.45, 7) is 3.29. The van der Waals surface area contributed by atoms with Crippen LogP contribution in [0.25, 0.3) is 0 Å². The fraction of sp³-hybridized carbons (Fsp3) is 0.400. The van der Waals surface area contributed by atoms with Gasteiger partial charge in [0.25, 0.3) is 5.91 Å². The lowest BCUT2D eigenvalue weighted by Gasteiger charge is -2.38. The van der Waals surface area contributed by atoms with Crippen molar-refractivity contribution < 1.29 is 18.3 Å². The number of carbonyl (C=O) groups is 1. The van der Waals surface area contributed by atoms with Crippen LogP contribution in [0.15, 0.2) is 47.1 Å². The summed E-state index contributed by atoms with van der Waals surface area (Å²) in [7, 11) is 1.62. The van der Waals surface area contributed by atoms with Crippen LogP contribution in [0.3, 0.4) is 0 Å². The Morgan fingerprint density at radius 3 is 2.63 bits per heavy atom. The van der Waals surface area contributed by atoms with E-state index in [-0.39, 0.29) is 17.8 Å². The highest BCUT2D eigenvalue weighted by molar-refractivity contribution is 5.91. The molecule has 0 bridgehead atoms. The first kappa shape index (κ1) is 20.2. The highest BCUT2D eigenvalue weighted by Gasteiger charge is 2.32. The van der Waals surface area contributed by atoms with E-state index < -0.39 is 0 Å². The molecule has 3 heterocycles. The van der Waals surface area contributed by atoms with Crippen LogP contribution in [0.2, 0.25) is 0 Å². The quantitative estimate of drug-likeness (QED) is 0.580. The maximum atomic E-state index is 13.5. The molecule has 0 N–H and O–H groups in total. The van der Waals surface area contributed by atoms with Gasteiger partial charge in [0.1, 0.15) is 5.82 Å². The van der Waals surface area contributed by atoms with Gasteiger partial charge < -0.3 is 14.1 Å². The topological polar surface area (TPSA) is 89.5 Å². The maximum Gasteiger partial charge on any atom is 0.289 e. The number of furan rings is 1. The van der Waals surface area contributed by atoms with Gasteiger partial charge in [-0.05, 0) is 40.3 Å². The number of hydrogen-bond donors (Lipinski definition) is 0. The van der Waals surface area contributed by atoms with E-state index in [0.29, 0.717) is 50.9 Å². The molecule has 9 nitrogen and oxygen atoms in total. The highest BCUT2D eigenvalue weighted by Crippen LogP contribution is 2.28. The van der Waals surface area contributed by atoms with Gasteiger partial charge in [0.05, 0.1) is 25.5 Å². The van der Waals surface area contributed by atoms with E-state index in [1.54, 1.807) is 41.0 Å². The molecule has 1 atom stereocenters. The van der Waals surface area contributed by atoms with Crippen LogP contribution >= 0.6 is 0 Å². The molecular weight excluding hydrogens is 391 g/mol. The van der Waals surface area contributed by atoms with Crippen molar-refractivity contribution >= 4 is 5.91 Å². The lowest BCUT2D eigenvalue weighted by atomic mass is 10.0. The van der Waals surface area contributed by atoms with Gasteiger partial charge in [-0.2, -0.15) is 0 Å². The fourth-order valence-electron chi connectivity index (χ4n) is 3.65. The van der Waals surface area contributed by atoms with Crippen molar-refractivity contribution in [3.63, 3.8) is 0 Å². The van der Waals surface area contributed by atoms with Gasteiger partial charge in [0.15, 0.2) is 11.6 Å². The van der Waals surface area contributed by atoms with E-state index in [1.807, 2.05) is 0 Å². The molecule has 1 aromatic carbocycles. The number of piperazine rings is 1. The molecular formula is C20H23FN6O3. The Kier molecular flexibility index (Phi) is 6.15. The van der Waals surface area contributed by atoms with Crippen molar-refractivity contribution in [2.45, 2.75) is 12.6 Å². The predicted molar refractivity (Wildman–Crippen MR) is 104 cm³/mol. The Morgan fingerprint density at radius 1 is 1.20 bits per heavy atom. The van der Waals surface area contributed by atoms with E-state index in [2.05, 4.69) is 20.4 Å². The summed E-state index contributed by atoms with van der Waals surface area (Å²) in [5, 5.41) is 12.2. The number of halogens is 1. The SMILES string of the molecule is COCCn1nnnc1[C@@H](c1ccc(F)cc1)N1CCN(C(=O)c2ccco2)CC1. The van der Waals surface area contributed by atoms with Gasteiger partial charge in [-0.15, -0.1) is 5.10 Å². The molecule has 0 aliphatic carbocycles. The number of hydrogen-bond acceptors (Lipinski definition) is 7. The third-order valence-electron chi connectivity index (χ3n) is 5.20. The molecule has 0 radical (unpaired) electrons. The fourth-order valence-corrected chi connectivity index (χ4v) is 3.65. The first-order valence-electron chi connectivity index (χ1n) is 9.74. The van der Waals surface area contributed by atoms with Gasteiger partial charge >= 0.3 is 0 Å². The molecule has 2 aromatic heterocycles. The van der Waals surface area contributed by atoms with Crippen LogP contribution in [-0.2, 0) is 11.3 Å². The average molecular weight is 414 g/mol. The minimum atomic E-state index is -0.301. The number of carbonyl (C=O) groups excluding carboxylic acids is 1. The molecule has 1 amide bonds. The Morgan fingerprint density at radius 2 is 1.97 bits per heavy atom. The van der Waals surface area contributed by atoms with Crippen LogP contribution in [0.1, 0.15) is 28.0 Å². The zero-order valence-corrected chi connectivity index (χ0v) is 16.6. The van der Waals surface area contributed by atoms with Crippen molar-refractivity contribution in [2.75, 3.05) is 39.9 Å². The van der Waals surface area contributed by atoms with Crippen molar-refractivity contribution in [1.29, 1.82) is 0 Å². The lowest BCUT2D eigenvalue weighted by Crippen LogP contribution is -2.50. The van der Waals surface area contributed by atoms with Crippen molar-refractivity contribution in [3.8, 4) is 0 Å². The van der Waals surface area contributed by atoms with Gasteiger partial charge in [0, 0.05) is 33.3 Å². The number of amides is 1. The number of nitrogens with zero attached hydrogens (tertiary/aromatic N) is 6. The first-order valence-corrected chi connectivity index (χ1v) is 9.74. The molecule has 1 aliphatic heterocycles. The zero-order valence-electron chi connectivity index (χ0n) is 16.6. The predicted octanol–water partition coefficient (Wildman–Crippen LogP) is 1.60. The normalized spacial score (nSPS) is 16.0. The maximum absolute atomic E-state index is 13.5. The Bertz CT molecular complexity index is 951. The van der Waals surface area contributed by atoms with Gasteiger partial charge in [-0.25, -0.2) is 9.07 Å². The van der Waals surface area contributed by atoms with Gasteiger partial charge in [-0.1, -0.05) is 12.1 Å². The third-order valence-corrected chi connectivity index (χ3v) is 5.20. The van der Waals surface area contributed by atoms with Crippen LogP contribution in [0.5, 0.6) is 0 Å². The summed E-state index contributed by atoms with van der Waals surface area (Å²) in [6.07, 6.45) is 1.49. The summed E-state index contributed by atoms with van der Waals surface area (Å²) in [4.78, 5) is 16.5. The van der Waals surface area contributed by atoms with E-state index in [0.717, 1.165) is 5.56 Å². The molecule has 30 heavy (non-hydrogen) atoms. The highest BCUT2D eigenvalue weighted by atomic mass is 19.1. The number of ether oxygens (including phenoxy) is 1. The van der Waals surface area contributed by atoms with E-state index >= 15 is 0 Å². The van der Waals surface area contributed by atoms with Crippen molar-refractivity contribution in [1.82, 2.24) is 30.0 Å². The molecule has 0 spiro atoms. The first-order chi connectivity index (χ1) is 14.7. The number of benzene rings is 1. The summed E-state index contributed by atoms with van der Waals surface area (Å²) in [6, 6.07) is 9.46. The lowest BCUT2D eigenvalue weighted by molar-refractivity contribution is 0.0557. The Balaban J connectivity index is 1.56. The van der Waals surface area contributed by atoms with Crippen molar-refractivity contribution in [3.05, 3.63) is 65.6 Å². The molecule has 1 aliphatic rings. The van der Waals surface area contributed by atoms with E-state index in [9.17, 15) is 9.18 Å². The summed E-state index contributed by atoms with van der Waals surface area (Å²) < 4.78 is 25.6. The van der Waals surface area contributed by atoms with Gasteiger partial charge in [0.2, 0.25) is 0 Å². The molecule has 1 saturated heterocycles. The average Bonchev–Trinajstić information content (AvgIpc) is 3.46. The monoisotopic (exact) mass is 414 g/mol. The smallest absolute Gasteiger partial charge is 0.289 e. The minimum Gasteiger partial charge on any atom is -0.459 e. The molecule has 158 valence electrons. The van der Waals surface area contributed by atoms with Crippen molar-refractivity contribution in [2.24, 2.45) is 0 Å². The molecule has 1 fully saturated rings. The molecule has 0 unspecified atom stereocenters. The summed E-state index contributed by atoms with van der Waals surface area (Å²) in [5.74, 6) is 0.569. The Labute approximate surface area is 173 Å². The second kappa shape index (κ2) is 9.14. The van der Waals surface area contributed by atoms with Crippen LogP contribution < -0.4 is 0 Å². The summed E-state index contributed by atoms with van der Waals surface area (Å²) in [5.41, 5.74) is 0.885. The molecule has 3 aromatic rings. The number of aromatic nitrogens is 4. The summed E-state index contributed by atoms with van der Waals surface area (Å²) >= 11 is 0. The number of methoxy groups -OCH3 is 1. The van der Waals surface area contributed by atoms with Gasteiger partial charge in [-0.3, -0.25) is 9.69 Å². The zero-order chi connectivity index (χ0) is 20.9. The molecule has 0 saturated carbocycles. The van der Waals surface area contributed by atoms with Crippen LogP contribution in [0, 0.1) is 5.82 Å². The molecule has 4 rings (SSSR count). The standard InChI is InChI=1S/C20H23FN6O3/c1-29-14-12-27-19(22-23-24-27)18(15-4-6-16(21)7-5-15)25-8-10-26(11-9-25)20(28)17-3-2-13-30-17/h2-7,13,18H,8-12,14H2,1H3/t18-/m1/s1. The third kappa shape index (κ3) is 4.24.